The fraction of sp³-hybridized carbons (Fsp3) is 0.917. The van der Waals surface area contributed by atoms with E-state index >= 15 is 0 Å². The third-order valence-electron chi connectivity index (χ3n) is 4.69. The van der Waals surface area contributed by atoms with Crippen LogP contribution in [0, 0.1) is 16.5 Å². The maximum Gasteiger partial charge on any atom is 0.222 e. The Hall–Kier alpha value is -0.730. The molecule has 2 rings (SSSR count). The van der Waals surface area contributed by atoms with Crippen molar-refractivity contribution < 1.29 is 9.74 Å². The van der Waals surface area contributed by atoms with Gasteiger partial charge in [-0.05, 0) is 26.7 Å². The summed E-state index contributed by atoms with van der Waals surface area (Å²) >= 11 is 0. The molecule has 1 fully saturated rings. The molecule has 0 saturated heterocycles. The van der Waals surface area contributed by atoms with Crippen LogP contribution in [0.5, 0.6) is 0 Å². The zero-order valence-electron chi connectivity index (χ0n) is 10.2. The Bertz CT molecular complexity index is 309. The van der Waals surface area contributed by atoms with Crippen molar-refractivity contribution in [3.63, 3.8) is 0 Å². The normalized spacial score (nSPS) is 39.6. The molecule has 15 heavy (non-hydrogen) atoms. The molecule has 0 spiro atoms. The highest BCUT2D eigenvalue weighted by Gasteiger charge is 2.54. The minimum atomic E-state index is -0.348. The molecule has 0 aromatic heterocycles. The van der Waals surface area contributed by atoms with Crippen LogP contribution in [0.3, 0.4) is 0 Å². The van der Waals surface area contributed by atoms with Crippen molar-refractivity contribution in [3.8, 4) is 0 Å². The summed E-state index contributed by atoms with van der Waals surface area (Å²) in [5, 5.41) is 11.7. The number of nitrogens with zero attached hydrogens (tertiary/aromatic N) is 1. The topological polar surface area (TPSA) is 35.3 Å². The summed E-state index contributed by atoms with van der Waals surface area (Å²) in [6, 6.07) is 0. The van der Waals surface area contributed by atoms with Gasteiger partial charge in [-0.2, -0.15) is 0 Å². The first-order valence-corrected chi connectivity index (χ1v) is 5.88. The van der Waals surface area contributed by atoms with Crippen molar-refractivity contribution in [2.75, 3.05) is 0 Å². The Balaban J connectivity index is 2.45. The SMILES string of the molecule is CC1=[N+]([O-])OC(C)(C)[C@@]2(C)CCCC[C@H]12. The molecule has 0 aromatic carbocycles. The Morgan fingerprint density at radius 1 is 1.33 bits per heavy atom. The molecule has 0 aromatic rings. The van der Waals surface area contributed by atoms with E-state index in [1.807, 2.05) is 20.8 Å². The average Bonchev–Trinajstić information content (AvgIpc) is 2.15. The third kappa shape index (κ3) is 1.35. The molecule has 0 amide bonds. The van der Waals surface area contributed by atoms with Crippen LogP contribution in [-0.4, -0.2) is 16.2 Å². The lowest BCUT2D eigenvalue weighted by molar-refractivity contribution is -0.779. The molecule has 0 bridgehead atoms. The molecule has 3 nitrogen and oxygen atoms in total. The highest BCUT2D eigenvalue weighted by molar-refractivity contribution is 5.81. The fourth-order valence-corrected chi connectivity index (χ4v) is 3.23. The van der Waals surface area contributed by atoms with Crippen molar-refractivity contribution in [1.29, 1.82) is 0 Å². The van der Waals surface area contributed by atoms with Crippen molar-refractivity contribution in [2.45, 2.75) is 59.0 Å². The van der Waals surface area contributed by atoms with E-state index < -0.39 is 0 Å². The van der Waals surface area contributed by atoms with Crippen LogP contribution in [0.4, 0.5) is 0 Å². The summed E-state index contributed by atoms with van der Waals surface area (Å²) < 4.78 is 0. The first-order chi connectivity index (χ1) is 6.88. The Morgan fingerprint density at radius 2 is 2.00 bits per heavy atom. The predicted octanol–water partition coefficient (Wildman–Crippen LogP) is 2.88. The van der Waals surface area contributed by atoms with Crippen LogP contribution in [0.2, 0.25) is 0 Å². The summed E-state index contributed by atoms with van der Waals surface area (Å²) in [5.41, 5.74) is 0.631. The Morgan fingerprint density at radius 3 is 2.67 bits per heavy atom. The summed E-state index contributed by atoms with van der Waals surface area (Å²) in [6.45, 7) is 8.27. The summed E-state index contributed by atoms with van der Waals surface area (Å²) in [4.78, 5) is 6.25. The molecule has 86 valence electrons. The van der Waals surface area contributed by atoms with E-state index in [9.17, 15) is 5.21 Å². The molecular weight excluding hydrogens is 190 g/mol. The number of hydrogen-bond acceptors (Lipinski definition) is 2. The lowest BCUT2D eigenvalue weighted by Crippen LogP contribution is -2.58. The van der Waals surface area contributed by atoms with E-state index in [0.29, 0.717) is 5.92 Å². The molecule has 2 atom stereocenters. The maximum atomic E-state index is 11.7. The summed E-state index contributed by atoms with van der Waals surface area (Å²) in [6.07, 6.45) is 4.79. The molecule has 1 heterocycles. The van der Waals surface area contributed by atoms with Gasteiger partial charge in [0.2, 0.25) is 5.71 Å². The quantitative estimate of drug-likeness (QED) is 0.577. The van der Waals surface area contributed by atoms with Crippen LogP contribution in [0.25, 0.3) is 0 Å². The smallest absolute Gasteiger partial charge is 0.222 e. The molecule has 0 radical (unpaired) electrons. The van der Waals surface area contributed by atoms with Gasteiger partial charge in [-0.15, -0.1) is 0 Å². The monoisotopic (exact) mass is 211 g/mol. The molecule has 0 unspecified atom stereocenters. The number of rotatable bonds is 0. The van der Waals surface area contributed by atoms with E-state index in [0.717, 1.165) is 23.5 Å². The summed E-state index contributed by atoms with van der Waals surface area (Å²) in [5.74, 6) is 0.396. The van der Waals surface area contributed by atoms with E-state index in [1.165, 1.54) is 12.8 Å². The van der Waals surface area contributed by atoms with Crippen molar-refractivity contribution in [1.82, 2.24) is 0 Å². The lowest BCUT2D eigenvalue weighted by Gasteiger charge is -2.54. The van der Waals surface area contributed by atoms with Crippen LogP contribution >= 0.6 is 0 Å². The molecule has 0 N–H and O–H groups in total. The van der Waals surface area contributed by atoms with Gasteiger partial charge in [0.15, 0.2) is 0 Å². The van der Waals surface area contributed by atoms with Gasteiger partial charge in [-0.1, -0.05) is 19.8 Å². The second-order valence-corrected chi connectivity index (χ2v) is 5.72. The zero-order valence-corrected chi connectivity index (χ0v) is 10.2. The maximum absolute atomic E-state index is 11.7. The highest BCUT2D eigenvalue weighted by atomic mass is 16.9. The zero-order chi connectivity index (χ0) is 11.3. The van der Waals surface area contributed by atoms with Gasteiger partial charge in [0.25, 0.3) is 0 Å². The second-order valence-electron chi connectivity index (χ2n) is 5.72. The minimum absolute atomic E-state index is 0.121. The van der Waals surface area contributed by atoms with Gasteiger partial charge < -0.3 is 4.84 Å². The molecule has 1 aliphatic heterocycles. The number of hydrogen-bond donors (Lipinski definition) is 0. The van der Waals surface area contributed by atoms with E-state index in [1.54, 1.807) is 0 Å². The van der Waals surface area contributed by atoms with Gasteiger partial charge in [0.1, 0.15) is 0 Å². The average molecular weight is 211 g/mol. The largest absolute Gasteiger partial charge is 0.397 e. The standard InChI is InChI=1S/C12H21NO2/c1-9-10-7-5-6-8-12(10,4)11(2,3)15-13(9)14/h10H,5-8H2,1-4H3/t10-,12+/m1/s1. The van der Waals surface area contributed by atoms with Crippen LogP contribution < -0.4 is 0 Å². The summed E-state index contributed by atoms with van der Waals surface area (Å²) in [7, 11) is 0. The van der Waals surface area contributed by atoms with E-state index in [-0.39, 0.29) is 11.0 Å². The van der Waals surface area contributed by atoms with Crippen LogP contribution in [0.1, 0.15) is 53.4 Å². The Kier molecular flexibility index (Phi) is 2.25. The van der Waals surface area contributed by atoms with Crippen molar-refractivity contribution >= 4 is 5.71 Å². The van der Waals surface area contributed by atoms with Crippen LogP contribution in [0.15, 0.2) is 0 Å². The fourth-order valence-electron chi connectivity index (χ4n) is 3.23. The van der Waals surface area contributed by atoms with Gasteiger partial charge in [-0.25, -0.2) is 0 Å². The van der Waals surface area contributed by atoms with Crippen molar-refractivity contribution in [2.24, 2.45) is 11.3 Å². The van der Waals surface area contributed by atoms with Gasteiger partial charge in [0.05, 0.1) is 11.5 Å². The molecular formula is C12H21NO2. The first kappa shape index (κ1) is 10.8. The van der Waals surface area contributed by atoms with E-state index in [4.69, 9.17) is 4.84 Å². The van der Waals surface area contributed by atoms with E-state index in [2.05, 4.69) is 6.92 Å². The molecule has 1 saturated carbocycles. The second kappa shape index (κ2) is 3.13. The lowest BCUT2D eigenvalue weighted by atomic mass is 9.58. The molecule has 3 heteroatoms. The van der Waals surface area contributed by atoms with Gasteiger partial charge in [0, 0.05) is 17.2 Å². The minimum Gasteiger partial charge on any atom is -0.397 e. The molecule has 2 aliphatic rings. The molecule has 1 aliphatic carbocycles. The predicted molar refractivity (Wildman–Crippen MR) is 59.5 cm³/mol. The van der Waals surface area contributed by atoms with Gasteiger partial charge in [-0.3, -0.25) is 5.21 Å². The van der Waals surface area contributed by atoms with Crippen LogP contribution in [-0.2, 0) is 4.84 Å². The van der Waals surface area contributed by atoms with Crippen molar-refractivity contribution in [3.05, 3.63) is 5.21 Å². The third-order valence-corrected chi connectivity index (χ3v) is 4.69. The Labute approximate surface area is 91.7 Å². The van der Waals surface area contributed by atoms with Gasteiger partial charge >= 0.3 is 0 Å². The first-order valence-electron chi connectivity index (χ1n) is 5.88. The number of fused-ring (bicyclic) bond motifs is 1. The highest BCUT2D eigenvalue weighted by Crippen LogP contribution is 2.52.